The van der Waals surface area contributed by atoms with Gasteiger partial charge in [0.05, 0.1) is 31.0 Å². The zero-order chi connectivity index (χ0) is 17.9. The SMILES string of the molecule is COOSc1cnc2c(cc(-c3nccs3)n2Cc2ccc(F)cc2)n1. The summed E-state index contributed by atoms with van der Waals surface area (Å²) in [5, 5.41) is 3.38. The molecule has 132 valence electrons. The van der Waals surface area contributed by atoms with Crippen molar-refractivity contribution in [1.29, 1.82) is 0 Å². The fourth-order valence-electron chi connectivity index (χ4n) is 2.57. The summed E-state index contributed by atoms with van der Waals surface area (Å²) in [5.41, 5.74) is 3.32. The van der Waals surface area contributed by atoms with Crippen LogP contribution in [0.1, 0.15) is 5.56 Å². The second kappa shape index (κ2) is 7.50. The Labute approximate surface area is 156 Å². The molecule has 3 aromatic heterocycles. The molecule has 0 amide bonds. The molecule has 3 heterocycles. The lowest BCUT2D eigenvalue weighted by molar-refractivity contribution is -0.160. The van der Waals surface area contributed by atoms with Crippen LogP contribution >= 0.6 is 23.4 Å². The van der Waals surface area contributed by atoms with Crippen molar-refractivity contribution in [3.63, 3.8) is 0 Å². The van der Waals surface area contributed by atoms with Crippen molar-refractivity contribution in [2.75, 3.05) is 7.11 Å². The third-order valence-corrected chi connectivity index (χ3v) is 5.04. The molecule has 9 heteroatoms. The Morgan fingerprint density at radius 2 is 2.08 bits per heavy atom. The molecule has 1 aromatic carbocycles. The van der Waals surface area contributed by atoms with Crippen LogP contribution in [-0.2, 0) is 15.8 Å². The van der Waals surface area contributed by atoms with E-state index < -0.39 is 0 Å². The third kappa shape index (κ3) is 3.47. The van der Waals surface area contributed by atoms with E-state index in [4.69, 9.17) is 4.33 Å². The fraction of sp³-hybridized carbons (Fsp3) is 0.118. The average Bonchev–Trinajstić information content (AvgIpc) is 3.30. The quantitative estimate of drug-likeness (QED) is 0.278. The van der Waals surface area contributed by atoms with Gasteiger partial charge in [0.1, 0.15) is 21.4 Å². The number of hydrogen-bond acceptors (Lipinski definition) is 7. The lowest BCUT2D eigenvalue weighted by atomic mass is 10.2. The zero-order valence-corrected chi connectivity index (χ0v) is 15.3. The minimum absolute atomic E-state index is 0.258. The van der Waals surface area contributed by atoms with E-state index in [9.17, 15) is 4.39 Å². The number of hydrogen-bond donors (Lipinski definition) is 0. The van der Waals surface area contributed by atoms with E-state index in [1.165, 1.54) is 30.6 Å². The molecule has 26 heavy (non-hydrogen) atoms. The van der Waals surface area contributed by atoms with E-state index in [-0.39, 0.29) is 5.82 Å². The molecule has 0 aliphatic carbocycles. The first-order valence-corrected chi connectivity index (χ1v) is 9.24. The van der Waals surface area contributed by atoms with Crippen molar-refractivity contribution < 1.29 is 13.6 Å². The predicted molar refractivity (Wildman–Crippen MR) is 98.1 cm³/mol. The fourth-order valence-corrected chi connectivity index (χ4v) is 3.61. The number of aromatic nitrogens is 4. The Balaban J connectivity index is 1.79. The summed E-state index contributed by atoms with van der Waals surface area (Å²) >= 11 is 2.53. The largest absolute Gasteiger partial charge is 0.317 e. The number of thiazole rings is 1. The van der Waals surface area contributed by atoms with E-state index in [2.05, 4.69) is 19.8 Å². The summed E-state index contributed by atoms with van der Waals surface area (Å²) in [6, 6.07) is 8.37. The van der Waals surface area contributed by atoms with Crippen molar-refractivity contribution in [3.05, 3.63) is 59.5 Å². The highest BCUT2D eigenvalue weighted by Crippen LogP contribution is 2.30. The second-order valence-electron chi connectivity index (χ2n) is 5.31. The van der Waals surface area contributed by atoms with Gasteiger partial charge in [-0.1, -0.05) is 12.1 Å². The molecule has 0 saturated heterocycles. The smallest absolute Gasteiger partial charge is 0.159 e. The van der Waals surface area contributed by atoms with Crippen LogP contribution in [0.3, 0.4) is 0 Å². The van der Waals surface area contributed by atoms with Crippen LogP contribution in [0.4, 0.5) is 4.39 Å². The molecule has 0 aliphatic heterocycles. The van der Waals surface area contributed by atoms with Crippen LogP contribution in [0, 0.1) is 5.82 Å². The van der Waals surface area contributed by atoms with Gasteiger partial charge in [0.15, 0.2) is 5.65 Å². The number of fused-ring (bicyclic) bond motifs is 1. The summed E-state index contributed by atoms with van der Waals surface area (Å²) in [6.07, 6.45) is 3.38. The zero-order valence-electron chi connectivity index (χ0n) is 13.6. The Bertz CT molecular complexity index is 1020. The van der Waals surface area contributed by atoms with E-state index in [0.29, 0.717) is 11.6 Å². The summed E-state index contributed by atoms with van der Waals surface area (Å²) in [5.74, 6) is -0.258. The van der Waals surface area contributed by atoms with Crippen LogP contribution in [-0.4, -0.2) is 26.6 Å². The monoisotopic (exact) mass is 388 g/mol. The first-order valence-electron chi connectivity index (χ1n) is 7.62. The van der Waals surface area contributed by atoms with Gasteiger partial charge in [-0.3, -0.25) is 0 Å². The van der Waals surface area contributed by atoms with Crippen LogP contribution in [0.2, 0.25) is 0 Å². The number of rotatable bonds is 6. The normalized spacial score (nSPS) is 11.3. The Hall–Kier alpha value is -2.33. The van der Waals surface area contributed by atoms with Crippen LogP contribution in [0.15, 0.2) is 53.1 Å². The van der Waals surface area contributed by atoms with E-state index in [1.807, 2.05) is 16.0 Å². The lowest BCUT2D eigenvalue weighted by Gasteiger charge is -2.09. The molecule has 4 aromatic rings. The standard InChI is InChI=1S/C17H13FN4O2S2/c1-23-24-26-15-9-20-16-13(21-15)8-14(17-19-6-7-25-17)22(16)10-11-2-4-12(18)5-3-11/h2-9H,10H2,1H3. The van der Waals surface area contributed by atoms with Gasteiger partial charge in [-0.25, -0.2) is 24.2 Å². The third-order valence-electron chi connectivity index (χ3n) is 3.67. The second-order valence-corrected chi connectivity index (χ2v) is 6.93. The van der Waals surface area contributed by atoms with Crippen molar-refractivity contribution in [1.82, 2.24) is 19.5 Å². The van der Waals surface area contributed by atoms with Gasteiger partial charge in [-0.05, 0) is 23.8 Å². The van der Waals surface area contributed by atoms with E-state index in [0.717, 1.165) is 39.5 Å². The highest BCUT2D eigenvalue weighted by atomic mass is 32.2. The first kappa shape index (κ1) is 17.1. The maximum Gasteiger partial charge on any atom is 0.159 e. The molecule has 0 bridgehead atoms. The van der Waals surface area contributed by atoms with Crippen LogP contribution < -0.4 is 0 Å². The predicted octanol–water partition coefficient (Wildman–Crippen LogP) is 4.33. The first-order chi connectivity index (χ1) is 12.7. The Kier molecular flexibility index (Phi) is 4.93. The summed E-state index contributed by atoms with van der Waals surface area (Å²) in [7, 11) is 1.43. The minimum atomic E-state index is -0.258. The van der Waals surface area contributed by atoms with Crippen molar-refractivity contribution in [3.8, 4) is 10.7 Å². The molecule has 0 radical (unpaired) electrons. The highest BCUT2D eigenvalue weighted by Gasteiger charge is 2.16. The lowest BCUT2D eigenvalue weighted by Crippen LogP contribution is -2.03. The van der Waals surface area contributed by atoms with Gasteiger partial charge in [0.2, 0.25) is 0 Å². The van der Waals surface area contributed by atoms with Crippen molar-refractivity contribution in [2.45, 2.75) is 11.6 Å². The summed E-state index contributed by atoms with van der Waals surface area (Å²) in [4.78, 5) is 18.1. The number of halogens is 1. The Morgan fingerprint density at radius 1 is 1.23 bits per heavy atom. The minimum Gasteiger partial charge on any atom is -0.317 e. The maximum absolute atomic E-state index is 13.2. The van der Waals surface area contributed by atoms with Gasteiger partial charge < -0.3 is 4.57 Å². The molecule has 0 fully saturated rings. The highest BCUT2D eigenvalue weighted by molar-refractivity contribution is 7.94. The maximum atomic E-state index is 13.2. The summed E-state index contributed by atoms with van der Waals surface area (Å²) < 4.78 is 20.1. The van der Waals surface area contributed by atoms with Crippen LogP contribution in [0.25, 0.3) is 21.9 Å². The Morgan fingerprint density at radius 3 is 2.81 bits per heavy atom. The number of nitrogens with zero attached hydrogens (tertiary/aromatic N) is 4. The molecule has 0 unspecified atom stereocenters. The summed E-state index contributed by atoms with van der Waals surface area (Å²) in [6.45, 7) is 0.536. The van der Waals surface area contributed by atoms with Gasteiger partial charge >= 0.3 is 0 Å². The molecule has 0 atom stereocenters. The van der Waals surface area contributed by atoms with Gasteiger partial charge in [0.25, 0.3) is 0 Å². The van der Waals surface area contributed by atoms with Gasteiger partial charge in [-0.2, -0.15) is 4.33 Å². The van der Waals surface area contributed by atoms with Crippen molar-refractivity contribution >= 4 is 34.5 Å². The topological polar surface area (TPSA) is 62.1 Å². The van der Waals surface area contributed by atoms with E-state index >= 15 is 0 Å². The molecule has 0 N–H and O–H groups in total. The van der Waals surface area contributed by atoms with Gasteiger partial charge in [-0.15, -0.1) is 11.3 Å². The molecule has 0 spiro atoms. The van der Waals surface area contributed by atoms with Crippen molar-refractivity contribution in [2.24, 2.45) is 0 Å². The molecular weight excluding hydrogens is 375 g/mol. The molecule has 6 nitrogen and oxygen atoms in total. The molecule has 4 rings (SSSR count). The average molecular weight is 388 g/mol. The molecular formula is C17H13FN4O2S2. The number of benzene rings is 1. The molecule has 0 aliphatic rings. The van der Waals surface area contributed by atoms with Crippen LogP contribution in [0.5, 0.6) is 0 Å². The van der Waals surface area contributed by atoms with E-state index in [1.54, 1.807) is 24.5 Å². The van der Waals surface area contributed by atoms with Gasteiger partial charge in [0, 0.05) is 18.1 Å². The molecule has 0 saturated carbocycles.